The molecule has 0 saturated heterocycles. The van der Waals surface area contributed by atoms with Gasteiger partial charge in [0.05, 0.1) is 6.04 Å². The minimum Gasteiger partial charge on any atom is -0.350 e. The molecule has 0 bridgehead atoms. The van der Waals surface area contributed by atoms with Gasteiger partial charge in [0.2, 0.25) is 0 Å². The lowest BCUT2D eigenvalue weighted by molar-refractivity contribution is 0.117. The zero-order valence-electron chi connectivity index (χ0n) is 8.73. The van der Waals surface area contributed by atoms with Crippen molar-refractivity contribution in [3.05, 3.63) is 36.0 Å². The van der Waals surface area contributed by atoms with Gasteiger partial charge in [0.25, 0.3) is 6.43 Å². The summed E-state index contributed by atoms with van der Waals surface area (Å²) in [6, 6.07) is 6.18. The van der Waals surface area contributed by atoms with Gasteiger partial charge < -0.3 is 10.3 Å². The topological polar surface area (TPSA) is 30.9 Å². The fraction of sp³-hybridized carbons (Fsp3) is 0.273. The van der Waals surface area contributed by atoms with Gasteiger partial charge in [-0.25, -0.2) is 8.78 Å². The Labute approximate surface area is 98.5 Å². The highest BCUT2D eigenvalue weighted by atomic mass is 35.5. The smallest absolute Gasteiger partial charge is 0.257 e. The summed E-state index contributed by atoms with van der Waals surface area (Å²) in [5.41, 5.74) is 6.88. The monoisotopic (exact) mass is 246 g/mol. The van der Waals surface area contributed by atoms with Gasteiger partial charge in [-0.15, -0.1) is 12.4 Å². The van der Waals surface area contributed by atoms with Gasteiger partial charge in [0.15, 0.2) is 0 Å². The third-order valence-corrected chi connectivity index (χ3v) is 2.56. The fourth-order valence-corrected chi connectivity index (χ4v) is 1.77. The molecule has 0 aliphatic heterocycles. The van der Waals surface area contributed by atoms with Crippen LogP contribution in [0.3, 0.4) is 0 Å². The second-order valence-corrected chi connectivity index (χ2v) is 3.57. The van der Waals surface area contributed by atoms with E-state index in [4.69, 9.17) is 5.73 Å². The zero-order valence-corrected chi connectivity index (χ0v) is 9.55. The van der Waals surface area contributed by atoms with E-state index in [9.17, 15) is 8.78 Å². The van der Waals surface area contributed by atoms with Crippen LogP contribution in [0.15, 0.2) is 30.5 Å². The molecule has 2 nitrogen and oxygen atoms in total. The van der Waals surface area contributed by atoms with Crippen LogP contribution < -0.4 is 5.73 Å². The molecule has 0 aliphatic rings. The van der Waals surface area contributed by atoms with E-state index in [1.807, 2.05) is 35.9 Å². The Morgan fingerprint density at radius 2 is 1.88 bits per heavy atom. The molecule has 0 spiro atoms. The van der Waals surface area contributed by atoms with Gasteiger partial charge in [0, 0.05) is 29.7 Å². The van der Waals surface area contributed by atoms with E-state index in [0.29, 0.717) is 5.56 Å². The fourth-order valence-electron chi connectivity index (χ4n) is 1.77. The van der Waals surface area contributed by atoms with Crippen LogP contribution in [0.2, 0.25) is 0 Å². The number of hydrogen-bond acceptors (Lipinski definition) is 1. The van der Waals surface area contributed by atoms with Gasteiger partial charge in [-0.2, -0.15) is 0 Å². The van der Waals surface area contributed by atoms with Gasteiger partial charge in [-0.1, -0.05) is 18.2 Å². The predicted molar refractivity (Wildman–Crippen MR) is 63.1 cm³/mol. The van der Waals surface area contributed by atoms with Crippen LogP contribution in [0.1, 0.15) is 11.6 Å². The molecule has 16 heavy (non-hydrogen) atoms. The molecule has 2 rings (SSSR count). The minimum atomic E-state index is -2.53. The van der Waals surface area contributed by atoms with Crippen molar-refractivity contribution in [3.63, 3.8) is 0 Å². The summed E-state index contributed by atoms with van der Waals surface area (Å²) in [4.78, 5) is 0. The lowest BCUT2D eigenvalue weighted by Gasteiger charge is -2.08. The number of fused-ring (bicyclic) bond motifs is 1. The lowest BCUT2D eigenvalue weighted by atomic mass is 10.1. The molecule has 5 heteroatoms. The molecule has 2 N–H and O–H groups in total. The molecule has 2 aromatic rings. The first-order chi connectivity index (χ1) is 7.11. The third kappa shape index (κ3) is 2.03. The van der Waals surface area contributed by atoms with Crippen LogP contribution in [0.25, 0.3) is 10.9 Å². The molecule has 0 amide bonds. The highest BCUT2D eigenvalue weighted by Gasteiger charge is 2.21. The number of aromatic nitrogens is 1. The zero-order chi connectivity index (χ0) is 11.0. The van der Waals surface area contributed by atoms with E-state index in [0.717, 1.165) is 10.9 Å². The Hall–Kier alpha value is -1.13. The maximum atomic E-state index is 12.5. The average molecular weight is 247 g/mol. The van der Waals surface area contributed by atoms with Crippen molar-refractivity contribution in [1.82, 2.24) is 4.57 Å². The Kier molecular flexibility index (Phi) is 3.88. The van der Waals surface area contributed by atoms with Crippen LogP contribution in [0.4, 0.5) is 8.78 Å². The second kappa shape index (κ2) is 4.80. The molecule has 88 valence electrons. The van der Waals surface area contributed by atoms with E-state index in [-0.39, 0.29) is 12.4 Å². The first kappa shape index (κ1) is 12.9. The van der Waals surface area contributed by atoms with Gasteiger partial charge in [-0.05, 0) is 6.07 Å². The molecule has 0 unspecified atom stereocenters. The van der Waals surface area contributed by atoms with Crippen LogP contribution in [-0.2, 0) is 7.05 Å². The normalized spacial score (nSPS) is 12.8. The molecular formula is C11H13ClF2N2. The quantitative estimate of drug-likeness (QED) is 0.868. The van der Waals surface area contributed by atoms with Crippen molar-refractivity contribution >= 4 is 23.3 Å². The number of nitrogens with two attached hydrogens (primary N) is 1. The summed E-state index contributed by atoms with van der Waals surface area (Å²) in [6.45, 7) is 0. The SMILES string of the molecule is Cl.Cn1cc([C@@H](N)C(F)F)c2ccccc21. The number of para-hydroxylation sites is 1. The van der Waals surface area contributed by atoms with E-state index in [2.05, 4.69) is 0 Å². The van der Waals surface area contributed by atoms with E-state index in [1.54, 1.807) is 6.20 Å². The van der Waals surface area contributed by atoms with E-state index in [1.165, 1.54) is 0 Å². The predicted octanol–water partition coefficient (Wildman–Crippen LogP) is 2.87. The molecule has 1 heterocycles. The summed E-state index contributed by atoms with van der Waals surface area (Å²) in [7, 11) is 1.82. The minimum absolute atomic E-state index is 0. The van der Waals surface area contributed by atoms with Crippen molar-refractivity contribution in [2.75, 3.05) is 0 Å². The number of alkyl halides is 2. The van der Waals surface area contributed by atoms with Crippen LogP contribution in [0.5, 0.6) is 0 Å². The Bertz CT molecular complexity index is 482. The van der Waals surface area contributed by atoms with E-state index < -0.39 is 12.5 Å². The second-order valence-electron chi connectivity index (χ2n) is 3.57. The van der Waals surface area contributed by atoms with Crippen molar-refractivity contribution in [2.24, 2.45) is 12.8 Å². The molecule has 0 radical (unpaired) electrons. The summed E-state index contributed by atoms with van der Waals surface area (Å²) < 4.78 is 26.8. The average Bonchev–Trinajstić information content (AvgIpc) is 2.56. The van der Waals surface area contributed by atoms with Crippen molar-refractivity contribution in [3.8, 4) is 0 Å². The van der Waals surface area contributed by atoms with Crippen LogP contribution in [-0.4, -0.2) is 11.0 Å². The maximum Gasteiger partial charge on any atom is 0.257 e. The van der Waals surface area contributed by atoms with Crippen molar-refractivity contribution in [2.45, 2.75) is 12.5 Å². The molecule has 0 saturated carbocycles. The Morgan fingerprint density at radius 1 is 1.25 bits per heavy atom. The van der Waals surface area contributed by atoms with Crippen molar-refractivity contribution < 1.29 is 8.78 Å². The third-order valence-electron chi connectivity index (χ3n) is 2.56. The maximum absolute atomic E-state index is 12.5. The summed E-state index contributed by atoms with van der Waals surface area (Å²) in [5, 5.41) is 0.799. The highest BCUT2D eigenvalue weighted by molar-refractivity contribution is 5.85. The number of rotatable bonds is 2. The van der Waals surface area contributed by atoms with Crippen LogP contribution >= 0.6 is 12.4 Å². The number of aryl methyl sites for hydroxylation is 1. The number of halogens is 3. The largest absolute Gasteiger partial charge is 0.350 e. The molecule has 1 aromatic heterocycles. The lowest BCUT2D eigenvalue weighted by Crippen LogP contribution is -2.18. The first-order valence-electron chi connectivity index (χ1n) is 4.69. The van der Waals surface area contributed by atoms with Crippen LogP contribution in [0, 0.1) is 0 Å². The molecule has 0 aliphatic carbocycles. The number of benzene rings is 1. The molecule has 1 atom stereocenters. The van der Waals surface area contributed by atoms with Gasteiger partial charge in [0.1, 0.15) is 0 Å². The first-order valence-corrected chi connectivity index (χ1v) is 4.69. The standard InChI is InChI=1S/C11H12F2N2.ClH/c1-15-6-8(10(14)11(12)13)7-4-2-3-5-9(7)15;/h2-6,10-11H,14H2,1H3;1H/t10-;/m1./s1. The molecule has 0 fully saturated rings. The number of hydrogen-bond donors (Lipinski definition) is 1. The molecule has 1 aromatic carbocycles. The van der Waals surface area contributed by atoms with Gasteiger partial charge in [-0.3, -0.25) is 0 Å². The Morgan fingerprint density at radius 3 is 2.50 bits per heavy atom. The van der Waals surface area contributed by atoms with Gasteiger partial charge >= 0.3 is 0 Å². The van der Waals surface area contributed by atoms with E-state index >= 15 is 0 Å². The summed E-state index contributed by atoms with van der Waals surface area (Å²) in [6.07, 6.45) is -0.864. The van der Waals surface area contributed by atoms with Crippen molar-refractivity contribution in [1.29, 1.82) is 0 Å². The summed E-state index contributed by atoms with van der Waals surface area (Å²) in [5.74, 6) is 0. The number of nitrogens with zero attached hydrogens (tertiary/aromatic N) is 1. The Balaban J connectivity index is 0.00000128. The molecular weight excluding hydrogens is 234 g/mol. The summed E-state index contributed by atoms with van der Waals surface area (Å²) >= 11 is 0. The highest BCUT2D eigenvalue weighted by Crippen LogP contribution is 2.27.